The Bertz CT molecular complexity index is 358. The Kier molecular flexibility index (Phi) is 3.72. The van der Waals surface area contributed by atoms with E-state index in [1.807, 2.05) is 32.0 Å². The van der Waals surface area contributed by atoms with Crippen LogP contribution in [0.3, 0.4) is 0 Å². The molecule has 1 unspecified atom stereocenters. The number of rotatable bonds is 4. The molecule has 0 aliphatic rings. The van der Waals surface area contributed by atoms with Crippen LogP contribution < -0.4 is 4.74 Å². The summed E-state index contributed by atoms with van der Waals surface area (Å²) in [4.78, 5) is 10.5. The molecule has 82 valence electrons. The van der Waals surface area contributed by atoms with Crippen LogP contribution in [0.4, 0.5) is 0 Å². The minimum atomic E-state index is -0.840. The first-order valence-electron chi connectivity index (χ1n) is 4.94. The van der Waals surface area contributed by atoms with E-state index in [9.17, 15) is 4.79 Å². The molecule has 3 heteroatoms. The molecule has 1 N–H and O–H groups in total. The number of aliphatic carboxylic acids is 1. The van der Waals surface area contributed by atoms with Gasteiger partial charge in [-0.15, -0.1) is 0 Å². The summed E-state index contributed by atoms with van der Waals surface area (Å²) < 4.78 is 5.56. The fourth-order valence-corrected chi connectivity index (χ4v) is 1.34. The second-order valence-electron chi connectivity index (χ2n) is 3.80. The molecule has 0 aliphatic carbocycles. The average molecular weight is 208 g/mol. The van der Waals surface area contributed by atoms with Gasteiger partial charge in [-0.3, -0.25) is 4.79 Å². The number of carboxylic acids is 1. The van der Waals surface area contributed by atoms with Crippen molar-refractivity contribution in [2.45, 2.75) is 33.3 Å². The van der Waals surface area contributed by atoms with Gasteiger partial charge in [0.25, 0.3) is 0 Å². The Morgan fingerprint density at radius 2 is 2.13 bits per heavy atom. The van der Waals surface area contributed by atoms with Gasteiger partial charge in [0.2, 0.25) is 0 Å². The SMILES string of the molecule is Cc1ccc(C)c(OC(C)CC(=O)O)c1. The zero-order valence-electron chi connectivity index (χ0n) is 9.28. The molecule has 1 aromatic carbocycles. The Morgan fingerprint density at radius 1 is 1.47 bits per heavy atom. The van der Waals surface area contributed by atoms with Gasteiger partial charge in [-0.2, -0.15) is 0 Å². The molecule has 15 heavy (non-hydrogen) atoms. The molecule has 1 aromatic rings. The zero-order chi connectivity index (χ0) is 11.4. The summed E-state index contributed by atoms with van der Waals surface area (Å²) in [6.07, 6.45) is -0.282. The number of carboxylic acid groups (broad SMARTS) is 1. The van der Waals surface area contributed by atoms with Crippen molar-refractivity contribution in [1.82, 2.24) is 0 Å². The van der Waals surface area contributed by atoms with Crippen molar-refractivity contribution in [2.75, 3.05) is 0 Å². The molecule has 0 aromatic heterocycles. The summed E-state index contributed by atoms with van der Waals surface area (Å²) in [5.74, 6) is -0.0726. The predicted octanol–water partition coefficient (Wildman–Crippen LogP) is 2.55. The highest BCUT2D eigenvalue weighted by Gasteiger charge is 2.10. The van der Waals surface area contributed by atoms with Crippen molar-refractivity contribution in [3.63, 3.8) is 0 Å². The van der Waals surface area contributed by atoms with Crippen molar-refractivity contribution >= 4 is 5.97 Å². The Labute approximate surface area is 89.7 Å². The number of hydrogen-bond donors (Lipinski definition) is 1. The maximum Gasteiger partial charge on any atom is 0.307 e. The lowest BCUT2D eigenvalue weighted by Gasteiger charge is -2.15. The van der Waals surface area contributed by atoms with Crippen LogP contribution in [0.5, 0.6) is 5.75 Å². The second-order valence-corrected chi connectivity index (χ2v) is 3.80. The molecule has 0 bridgehead atoms. The minimum absolute atomic E-state index is 0.0212. The minimum Gasteiger partial charge on any atom is -0.490 e. The number of benzene rings is 1. The van der Waals surface area contributed by atoms with Crippen LogP contribution in [0.1, 0.15) is 24.5 Å². The molecular weight excluding hydrogens is 192 g/mol. The zero-order valence-corrected chi connectivity index (χ0v) is 9.28. The van der Waals surface area contributed by atoms with Gasteiger partial charge in [0, 0.05) is 0 Å². The molecule has 0 saturated carbocycles. The third-order valence-electron chi connectivity index (χ3n) is 2.13. The first-order valence-corrected chi connectivity index (χ1v) is 4.94. The number of aryl methyl sites for hydroxylation is 2. The van der Waals surface area contributed by atoms with E-state index in [1.54, 1.807) is 6.92 Å². The largest absolute Gasteiger partial charge is 0.490 e. The quantitative estimate of drug-likeness (QED) is 0.827. The van der Waals surface area contributed by atoms with Crippen molar-refractivity contribution in [3.8, 4) is 5.75 Å². The molecule has 0 amide bonds. The lowest BCUT2D eigenvalue weighted by atomic mass is 10.1. The maximum absolute atomic E-state index is 10.5. The Morgan fingerprint density at radius 3 is 2.73 bits per heavy atom. The van der Waals surface area contributed by atoms with Gasteiger partial charge in [0.1, 0.15) is 11.9 Å². The number of ether oxygens (including phenoxy) is 1. The van der Waals surface area contributed by atoms with Gasteiger partial charge < -0.3 is 9.84 Å². The third kappa shape index (κ3) is 3.62. The predicted molar refractivity (Wildman–Crippen MR) is 58.3 cm³/mol. The normalized spacial score (nSPS) is 12.2. The van der Waals surface area contributed by atoms with E-state index in [0.29, 0.717) is 0 Å². The monoisotopic (exact) mass is 208 g/mol. The highest BCUT2D eigenvalue weighted by atomic mass is 16.5. The van der Waals surface area contributed by atoms with Crippen LogP contribution in [0, 0.1) is 13.8 Å². The van der Waals surface area contributed by atoms with Crippen molar-refractivity contribution in [1.29, 1.82) is 0 Å². The second kappa shape index (κ2) is 4.82. The van der Waals surface area contributed by atoms with Gasteiger partial charge in [0.15, 0.2) is 0 Å². The average Bonchev–Trinajstić information content (AvgIpc) is 2.10. The fraction of sp³-hybridized carbons (Fsp3) is 0.417. The first-order chi connectivity index (χ1) is 6.99. The molecule has 0 heterocycles. The van der Waals surface area contributed by atoms with Crippen LogP contribution in [0.15, 0.2) is 18.2 Å². The van der Waals surface area contributed by atoms with Crippen LogP contribution >= 0.6 is 0 Å². The van der Waals surface area contributed by atoms with Crippen molar-refractivity contribution in [3.05, 3.63) is 29.3 Å². The van der Waals surface area contributed by atoms with Gasteiger partial charge in [-0.1, -0.05) is 12.1 Å². The molecule has 1 rings (SSSR count). The summed E-state index contributed by atoms with van der Waals surface area (Å²) >= 11 is 0. The molecule has 0 fully saturated rings. The highest BCUT2D eigenvalue weighted by Crippen LogP contribution is 2.20. The van der Waals surface area contributed by atoms with Crippen molar-refractivity contribution in [2.24, 2.45) is 0 Å². The van der Waals surface area contributed by atoms with E-state index < -0.39 is 5.97 Å². The molecular formula is C12H16O3. The van der Waals surface area contributed by atoms with E-state index in [1.165, 1.54) is 0 Å². The molecule has 0 saturated heterocycles. The van der Waals surface area contributed by atoms with Crippen LogP contribution in [0.2, 0.25) is 0 Å². The number of carbonyl (C=O) groups is 1. The summed E-state index contributed by atoms with van der Waals surface area (Å²) in [6.45, 7) is 5.69. The Balaban J connectivity index is 2.71. The third-order valence-corrected chi connectivity index (χ3v) is 2.13. The summed E-state index contributed by atoms with van der Waals surface area (Å²) in [7, 11) is 0. The molecule has 0 aliphatic heterocycles. The van der Waals surface area contributed by atoms with Crippen LogP contribution in [0.25, 0.3) is 0 Å². The van der Waals surface area contributed by atoms with Gasteiger partial charge in [0.05, 0.1) is 6.42 Å². The smallest absolute Gasteiger partial charge is 0.307 e. The fourth-order valence-electron chi connectivity index (χ4n) is 1.34. The molecule has 0 radical (unpaired) electrons. The summed E-state index contributed by atoms with van der Waals surface area (Å²) in [5.41, 5.74) is 2.14. The Hall–Kier alpha value is -1.51. The van der Waals surface area contributed by atoms with Gasteiger partial charge in [-0.25, -0.2) is 0 Å². The van der Waals surface area contributed by atoms with Gasteiger partial charge >= 0.3 is 5.97 Å². The molecule has 3 nitrogen and oxygen atoms in total. The number of hydrogen-bond acceptors (Lipinski definition) is 2. The summed E-state index contributed by atoms with van der Waals surface area (Å²) in [6, 6.07) is 5.90. The molecule has 1 atom stereocenters. The standard InChI is InChI=1S/C12H16O3/c1-8-4-5-9(2)11(6-8)15-10(3)7-12(13)14/h4-6,10H,7H2,1-3H3,(H,13,14). The van der Waals surface area contributed by atoms with Crippen LogP contribution in [-0.2, 0) is 4.79 Å². The van der Waals surface area contributed by atoms with E-state index in [0.717, 1.165) is 16.9 Å². The van der Waals surface area contributed by atoms with E-state index in [4.69, 9.17) is 9.84 Å². The summed E-state index contributed by atoms with van der Waals surface area (Å²) in [5, 5.41) is 8.61. The van der Waals surface area contributed by atoms with E-state index >= 15 is 0 Å². The highest BCUT2D eigenvalue weighted by molar-refractivity contribution is 5.67. The van der Waals surface area contributed by atoms with Gasteiger partial charge in [-0.05, 0) is 38.0 Å². The maximum atomic E-state index is 10.5. The lowest BCUT2D eigenvalue weighted by molar-refractivity contribution is -0.138. The van der Waals surface area contributed by atoms with E-state index in [-0.39, 0.29) is 12.5 Å². The van der Waals surface area contributed by atoms with E-state index in [2.05, 4.69) is 0 Å². The lowest BCUT2D eigenvalue weighted by Crippen LogP contribution is -2.17. The van der Waals surface area contributed by atoms with Crippen molar-refractivity contribution < 1.29 is 14.6 Å². The first kappa shape index (κ1) is 11.6. The van der Waals surface area contributed by atoms with Crippen LogP contribution in [-0.4, -0.2) is 17.2 Å². The topological polar surface area (TPSA) is 46.5 Å². The molecule has 0 spiro atoms.